The van der Waals surface area contributed by atoms with E-state index in [4.69, 9.17) is 0 Å². The largest absolute Gasteiger partial charge is 0.290 e. The maximum Gasteiger partial charge on any atom is 0.280 e. The fourth-order valence-corrected chi connectivity index (χ4v) is 1.62. The van der Waals surface area contributed by atoms with E-state index in [0.717, 1.165) is 0 Å². The smallest absolute Gasteiger partial charge is 0.280 e. The molecule has 1 rings (SSSR count). The standard InChI is InChI=1S/C8H4Br3NO3/c9-8(10,11)7(13)5-3-1-2-4-6(5)12(14)15/h1-4H. The fraction of sp³-hybridized carbons (Fsp3) is 0.125. The van der Waals surface area contributed by atoms with Crippen molar-refractivity contribution in [3.05, 3.63) is 39.9 Å². The number of para-hydroxylation sites is 1. The first-order valence-electron chi connectivity index (χ1n) is 3.69. The van der Waals surface area contributed by atoms with E-state index in [9.17, 15) is 14.9 Å². The van der Waals surface area contributed by atoms with E-state index in [-0.39, 0.29) is 11.3 Å². The quantitative estimate of drug-likeness (QED) is 0.329. The first kappa shape index (κ1) is 12.8. The summed E-state index contributed by atoms with van der Waals surface area (Å²) in [6, 6.07) is 5.76. The molecular formula is C8H4Br3NO3. The van der Waals surface area contributed by atoms with Gasteiger partial charge in [-0.1, -0.05) is 59.9 Å². The molecule has 0 radical (unpaired) electrons. The summed E-state index contributed by atoms with van der Waals surface area (Å²) in [6.07, 6.45) is 0. The van der Waals surface area contributed by atoms with Gasteiger partial charge in [0.1, 0.15) is 0 Å². The molecule has 0 aliphatic heterocycles. The van der Waals surface area contributed by atoms with Gasteiger partial charge >= 0.3 is 0 Å². The Hall–Kier alpha value is -0.270. The van der Waals surface area contributed by atoms with Crippen molar-refractivity contribution in [2.24, 2.45) is 0 Å². The molecule has 0 saturated heterocycles. The van der Waals surface area contributed by atoms with Gasteiger partial charge in [0.15, 0.2) is 2.14 Å². The third-order valence-electron chi connectivity index (χ3n) is 1.60. The minimum absolute atomic E-state index is 0.0353. The maximum atomic E-state index is 11.7. The Labute approximate surface area is 111 Å². The number of Topliss-reactive ketones (excluding diaryl/α,β-unsaturated/α-hetero) is 1. The van der Waals surface area contributed by atoms with Crippen LogP contribution in [0, 0.1) is 10.1 Å². The number of halogens is 3. The molecule has 0 amide bonds. The molecule has 0 aliphatic rings. The Morgan fingerprint density at radius 2 is 1.80 bits per heavy atom. The van der Waals surface area contributed by atoms with E-state index < -0.39 is 12.8 Å². The van der Waals surface area contributed by atoms with E-state index in [0.29, 0.717) is 0 Å². The monoisotopic (exact) mass is 399 g/mol. The molecule has 0 unspecified atom stereocenters. The van der Waals surface area contributed by atoms with Gasteiger partial charge in [-0.05, 0) is 6.07 Å². The second kappa shape index (κ2) is 4.71. The van der Waals surface area contributed by atoms with E-state index in [1.54, 1.807) is 6.07 Å². The van der Waals surface area contributed by atoms with Crippen LogP contribution in [0.5, 0.6) is 0 Å². The summed E-state index contributed by atoms with van der Waals surface area (Å²) < 4.78 is -1.17. The topological polar surface area (TPSA) is 60.2 Å². The van der Waals surface area contributed by atoms with E-state index >= 15 is 0 Å². The molecule has 0 fully saturated rings. The maximum absolute atomic E-state index is 11.7. The Kier molecular flexibility index (Phi) is 4.02. The van der Waals surface area contributed by atoms with Gasteiger partial charge in [-0.15, -0.1) is 0 Å². The average Bonchev–Trinajstić information content (AvgIpc) is 2.15. The van der Waals surface area contributed by atoms with Gasteiger partial charge < -0.3 is 0 Å². The van der Waals surface area contributed by atoms with Gasteiger partial charge in [0.05, 0.1) is 10.5 Å². The lowest BCUT2D eigenvalue weighted by atomic mass is 10.1. The van der Waals surface area contributed by atoms with Crippen LogP contribution in [0.2, 0.25) is 0 Å². The van der Waals surface area contributed by atoms with Gasteiger partial charge in [-0.25, -0.2) is 0 Å². The normalized spacial score (nSPS) is 11.1. The van der Waals surface area contributed by atoms with Crippen LogP contribution >= 0.6 is 47.8 Å². The molecule has 1 aromatic carbocycles. The molecule has 0 aromatic heterocycles. The van der Waals surface area contributed by atoms with Crippen LogP contribution in [0.4, 0.5) is 5.69 Å². The van der Waals surface area contributed by atoms with Crippen LogP contribution < -0.4 is 0 Å². The number of carbonyl (C=O) groups excluding carboxylic acids is 1. The predicted octanol–water partition coefficient (Wildman–Crippen LogP) is 3.62. The molecule has 0 N–H and O–H groups in total. The van der Waals surface area contributed by atoms with Crippen LogP contribution in [0.1, 0.15) is 10.4 Å². The minimum atomic E-state index is -1.17. The minimum Gasteiger partial charge on any atom is -0.290 e. The summed E-state index contributed by atoms with van der Waals surface area (Å²) >= 11 is 9.08. The highest BCUT2D eigenvalue weighted by Gasteiger charge is 2.33. The number of nitrogens with zero attached hydrogens (tertiary/aromatic N) is 1. The highest BCUT2D eigenvalue weighted by atomic mass is 80.0. The second-order valence-electron chi connectivity index (χ2n) is 2.60. The van der Waals surface area contributed by atoms with Crippen molar-refractivity contribution in [1.82, 2.24) is 0 Å². The Morgan fingerprint density at radius 1 is 1.27 bits per heavy atom. The molecule has 0 spiro atoms. The molecule has 4 nitrogen and oxygen atoms in total. The zero-order chi connectivity index (χ0) is 11.6. The van der Waals surface area contributed by atoms with Crippen molar-refractivity contribution in [3.8, 4) is 0 Å². The molecule has 0 saturated carbocycles. The Morgan fingerprint density at radius 3 is 2.27 bits per heavy atom. The average molecular weight is 402 g/mol. The molecule has 0 bridgehead atoms. The summed E-state index contributed by atoms with van der Waals surface area (Å²) in [5.74, 6) is -0.463. The van der Waals surface area contributed by atoms with Crippen LogP contribution in [0.15, 0.2) is 24.3 Å². The summed E-state index contributed by atoms with van der Waals surface area (Å²) in [5.41, 5.74) is -0.182. The number of hydrogen-bond acceptors (Lipinski definition) is 3. The molecule has 1 aromatic rings. The van der Waals surface area contributed by atoms with Crippen LogP contribution in [-0.4, -0.2) is 12.8 Å². The number of carbonyl (C=O) groups is 1. The van der Waals surface area contributed by atoms with Crippen molar-refractivity contribution < 1.29 is 9.72 Å². The first-order chi connectivity index (χ1) is 6.84. The number of nitro benzene ring substituents is 1. The number of nitro groups is 1. The zero-order valence-electron chi connectivity index (χ0n) is 7.12. The number of hydrogen-bond donors (Lipinski definition) is 0. The van der Waals surface area contributed by atoms with Gasteiger partial charge in [-0.3, -0.25) is 14.9 Å². The third-order valence-corrected chi connectivity index (χ3v) is 2.68. The molecule has 80 valence electrons. The molecule has 0 atom stereocenters. The fourth-order valence-electron chi connectivity index (χ4n) is 0.978. The van der Waals surface area contributed by atoms with Crippen LogP contribution in [0.3, 0.4) is 0 Å². The van der Waals surface area contributed by atoms with Crippen LogP contribution in [-0.2, 0) is 0 Å². The molecule has 7 heteroatoms. The van der Waals surface area contributed by atoms with Crippen molar-refractivity contribution in [1.29, 1.82) is 0 Å². The van der Waals surface area contributed by atoms with Gasteiger partial charge in [-0.2, -0.15) is 0 Å². The number of benzene rings is 1. The molecular weight excluding hydrogens is 398 g/mol. The van der Waals surface area contributed by atoms with Gasteiger partial charge in [0, 0.05) is 6.07 Å². The summed E-state index contributed by atoms with van der Waals surface area (Å²) in [7, 11) is 0. The Balaban J connectivity index is 3.26. The summed E-state index contributed by atoms with van der Waals surface area (Å²) in [4.78, 5) is 21.8. The number of ketones is 1. The number of alkyl halides is 3. The lowest BCUT2D eigenvalue weighted by molar-refractivity contribution is -0.385. The predicted molar refractivity (Wildman–Crippen MR) is 66.9 cm³/mol. The van der Waals surface area contributed by atoms with Crippen molar-refractivity contribution in [2.75, 3.05) is 0 Å². The zero-order valence-corrected chi connectivity index (χ0v) is 11.9. The Bertz CT molecular complexity index is 414. The van der Waals surface area contributed by atoms with Crippen molar-refractivity contribution in [3.63, 3.8) is 0 Å². The van der Waals surface area contributed by atoms with E-state index in [1.165, 1.54) is 18.2 Å². The first-order valence-corrected chi connectivity index (χ1v) is 6.07. The lowest BCUT2D eigenvalue weighted by Crippen LogP contribution is -2.18. The highest BCUT2D eigenvalue weighted by Crippen LogP contribution is 2.38. The summed E-state index contributed by atoms with van der Waals surface area (Å²) in [6.45, 7) is 0. The second-order valence-corrected chi connectivity index (χ2v) is 9.36. The molecule has 15 heavy (non-hydrogen) atoms. The summed E-state index contributed by atoms with van der Waals surface area (Å²) in [5, 5.41) is 10.7. The van der Waals surface area contributed by atoms with E-state index in [2.05, 4.69) is 47.8 Å². The number of rotatable bonds is 2. The van der Waals surface area contributed by atoms with Gasteiger partial charge in [0.2, 0.25) is 5.78 Å². The van der Waals surface area contributed by atoms with E-state index in [1.807, 2.05) is 0 Å². The van der Waals surface area contributed by atoms with Crippen LogP contribution in [0.25, 0.3) is 0 Å². The highest BCUT2D eigenvalue weighted by molar-refractivity contribution is 9.40. The van der Waals surface area contributed by atoms with Gasteiger partial charge in [0.25, 0.3) is 5.69 Å². The lowest BCUT2D eigenvalue weighted by Gasteiger charge is -2.10. The SMILES string of the molecule is O=C(c1ccccc1[N+](=O)[O-])C(Br)(Br)Br. The van der Waals surface area contributed by atoms with Crippen molar-refractivity contribution in [2.45, 2.75) is 2.14 Å². The van der Waals surface area contributed by atoms with Crippen molar-refractivity contribution >= 4 is 59.3 Å². The third kappa shape index (κ3) is 3.09. The molecule has 0 aliphatic carbocycles. The molecule has 0 heterocycles.